The summed E-state index contributed by atoms with van der Waals surface area (Å²) in [5, 5.41) is 4.74. The van der Waals surface area contributed by atoms with Crippen molar-refractivity contribution < 1.29 is 22.1 Å². The van der Waals surface area contributed by atoms with Crippen molar-refractivity contribution in [1.29, 1.82) is 0 Å². The number of benzene rings is 1. The van der Waals surface area contributed by atoms with Crippen molar-refractivity contribution in [2.24, 2.45) is 5.14 Å². The van der Waals surface area contributed by atoms with Gasteiger partial charge in [-0.1, -0.05) is 12.1 Å². The van der Waals surface area contributed by atoms with E-state index in [1.807, 2.05) is 0 Å². The van der Waals surface area contributed by atoms with Gasteiger partial charge in [0.2, 0.25) is 0 Å². The highest BCUT2D eigenvalue weighted by Crippen LogP contribution is 2.33. The number of nitrogens with two attached hydrogens (primary N) is 1. The van der Waals surface area contributed by atoms with E-state index in [2.05, 4.69) is 4.18 Å². The van der Waals surface area contributed by atoms with Gasteiger partial charge in [-0.15, -0.1) is 0 Å². The minimum atomic E-state index is -3.95. The second kappa shape index (κ2) is 4.28. The molecule has 0 bridgehead atoms. The van der Waals surface area contributed by atoms with E-state index >= 15 is 0 Å². The Labute approximate surface area is 93.2 Å². The zero-order valence-electron chi connectivity index (χ0n) is 8.38. The van der Waals surface area contributed by atoms with Crippen LogP contribution in [0.4, 0.5) is 0 Å². The predicted octanol–water partition coefficient (Wildman–Crippen LogP) is 0.178. The Morgan fingerprint density at radius 1 is 1.31 bits per heavy atom. The number of hydrogen-bond donors (Lipinski definition) is 1. The van der Waals surface area contributed by atoms with Crippen LogP contribution in [0, 0.1) is 0 Å². The first-order valence-electron chi connectivity index (χ1n) is 4.61. The van der Waals surface area contributed by atoms with E-state index in [1.54, 1.807) is 18.2 Å². The third kappa shape index (κ3) is 2.63. The lowest BCUT2D eigenvalue weighted by Crippen LogP contribution is -2.18. The third-order valence-electron chi connectivity index (χ3n) is 2.03. The maximum atomic E-state index is 10.7. The molecule has 1 aromatic rings. The minimum Gasteiger partial charge on any atom is -0.486 e. The van der Waals surface area contributed by atoms with Crippen LogP contribution in [0.1, 0.15) is 5.56 Å². The maximum absolute atomic E-state index is 10.7. The molecule has 1 aliphatic rings. The van der Waals surface area contributed by atoms with Crippen molar-refractivity contribution in [2.75, 3.05) is 13.2 Å². The van der Waals surface area contributed by atoms with Gasteiger partial charge in [-0.25, -0.2) is 5.14 Å². The highest BCUT2D eigenvalue weighted by atomic mass is 32.2. The Hall–Kier alpha value is -1.31. The van der Waals surface area contributed by atoms with Crippen LogP contribution >= 0.6 is 0 Å². The molecule has 0 unspecified atom stereocenters. The summed E-state index contributed by atoms with van der Waals surface area (Å²) < 4.78 is 36.5. The van der Waals surface area contributed by atoms with E-state index in [9.17, 15) is 8.42 Å². The molecule has 7 heteroatoms. The lowest BCUT2D eigenvalue weighted by molar-refractivity contribution is 0.166. The fraction of sp³-hybridized carbons (Fsp3) is 0.333. The third-order valence-corrected chi connectivity index (χ3v) is 2.47. The maximum Gasteiger partial charge on any atom is 0.333 e. The van der Waals surface area contributed by atoms with Gasteiger partial charge in [-0.05, 0) is 6.07 Å². The van der Waals surface area contributed by atoms with Crippen LogP contribution in [0.5, 0.6) is 11.5 Å². The van der Waals surface area contributed by atoms with Crippen molar-refractivity contribution in [3.05, 3.63) is 23.8 Å². The predicted molar refractivity (Wildman–Crippen MR) is 55.3 cm³/mol. The number of para-hydroxylation sites is 1. The standard InChI is InChI=1S/C9H11NO5S/c10-16(11,12)15-6-7-2-1-3-8-9(7)14-5-4-13-8/h1-3H,4-6H2,(H2,10,11,12). The lowest BCUT2D eigenvalue weighted by Gasteiger charge is -2.20. The highest BCUT2D eigenvalue weighted by molar-refractivity contribution is 7.84. The molecule has 0 saturated carbocycles. The van der Waals surface area contributed by atoms with E-state index < -0.39 is 10.3 Å². The summed E-state index contributed by atoms with van der Waals surface area (Å²) in [5.74, 6) is 1.10. The molecular formula is C9H11NO5S. The summed E-state index contributed by atoms with van der Waals surface area (Å²) in [4.78, 5) is 0. The van der Waals surface area contributed by atoms with Crippen LogP contribution in [0.2, 0.25) is 0 Å². The molecule has 1 heterocycles. The van der Waals surface area contributed by atoms with E-state index in [4.69, 9.17) is 14.6 Å². The first-order valence-corrected chi connectivity index (χ1v) is 6.08. The Kier molecular flexibility index (Phi) is 2.99. The molecule has 0 amide bonds. The van der Waals surface area contributed by atoms with Crippen molar-refractivity contribution in [3.8, 4) is 11.5 Å². The quantitative estimate of drug-likeness (QED) is 0.820. The normalized spacial score (nSPS) is 14.8. The van der Waals surface area contributed by atoms with Gasteiger partial charge in [0.05, 0.1) is 6.61 Å². The lowest BCUT2D eigenvalue weighted by atomic mass is 10.2. The Morgan fingerprint density at radius 2 is 2.06 bits per heavy atom. The van der Waals surface area contributed by atoms with Crippen LogP contribution in [0.25, 0.3) is 0 Å². The van der Waals surface area contributed by atoms with Crippen molar-refractivity contribution in [3.63, 3.8) is 0 Å². The number of rotatable bonds is 3. The second-order valence-corrected chi connectivity index (χ2v) is 4.42. The molecule has 16 heavy (non-hydrogen) atoms. The van der Waals surface area contributed by atoms with Crippen LogP contribution in [0.3, 0.4) is 0 Å². The number of fused-ring (bicyclic) bond motifs is 1. The fourth-order valence-corrected chi connectivity index (χ4v) is 1.68. The van der Waals surface area contributed by atoms with Crippen LogP contribution in [-0.4, -0.2) is 21.6 Å². The first kappa shape index (κ1) is 11.2. The molecule has 0 saturated heterocycles. The summed E-state index contributed by atoms with van der Waals surface area (Å²) >= 11 is 0. The van der Waals surface area contributed by atoms with Gasteiger partial charge in [-0.2, -0.15) is 8.42 Å². The van der Waals surface area contributed by atoms with Crippen molar-refractivity contribution in [1.82, 2.24) is 0 Å². The Balaban J connectivity index is 2.21. The van der Waals surface area contributed by atoms with E-state index in [0.29, 0.717) is 30.3 Å². The summed E-state index contributed by atoms with van der Waals surface area (Å²) in [6, 6.07) is 5.17. The van der Waals surface area contributed by atoms with Crippen molar-refractivity contribution in [2.45, 2.75) is 6.61 Å². The smallest absolute Gasteiger partial charge is 0.333 e. The molecule has 0 spiro atoms. The average Bonchev–Trinajstić information content (AvgIpc) is 2.25. The molecule has 1 aliphatic heterocycles. The van der Waals surface area contributed by atoms with E-state index in [-0.39, 0.29) is 6.61 Å². The van der Waals surface area contributed by atoms with Gasteiger partial charge in [0, 0.05) is 5.56 Å². The summed E-state index contributed by atoms with van der Waals surface area (Å²) in [6.07, 6.45) is 0. The van der Waals surface area contributed by atoms with Crippen molar-refractivity contribution >= 4 is 10.3 Å². The molecule has 0 fully saturated rings. The van der Waals surface area contributed by atoms with Gasteiger partial charge in [0.1, 0.15) is 13.2 Å². The average molecular weight is 245 g/mol. The number of ether oxygens (including phenoxy) is 2. The van der Waals surface area contributed by atoms with E-state index in [0.717, 1.165) is 0 Å². The van der Waals surface area contributed by atoms with Gasteiger partial charge in [-0.3, -0.25) is 4.18 Å². The zero-order valence-corrected chi connectivity index (χ0v) is 9.20. The molecule has 2 N–H and O–H groups in total. The highest BCUT2D eigenvalue weighted by Gasteiger charge is 2.16. The first-order chi connectivity index (χ1) is 7.56. The second-order valence-electron chi connectivity index (χ2n) is 3.20. The van der Waals surface area contributed by atoms with Gasteiger partial charge in [0.25, 0.3) is 0 Å². The largest absolute Gasteiger partial charge is 0.486 e. The van der Waals surface area contributed by atoms with Gasteiger partial charge >= 0.3 is 10.3 Å². The molecule has 6 nitrogen and oxygen atoms in total. The molecular weight excluding hydrogens is 234 g/mol. The Morgan fingerprint density at radius 3 is 2.81 bits per heavy atom. The summed E-state index contributed by atoms with van der Waals surface area (Å²) in [7, 11) is -3.95. The monoisotopic (exact) mass is 245 g/mol. The van der Waals surface area contributed by atoms with Gasteiger partial charge < -0.3 is 9.47 Å². The van der Waals surface area contributed by atoms with Crippen LogP contribution in [0.15, 0.2) is 18.2 Å². The molecule has 2 rings (SSSR count). The van der Waals surface area contributed by atoms with Gasteiger partial charge in [0.15, 0.2) is 11.5 Å². The number of hydrogen-bond acceptors (Lipinski definition) is 5. The minimum absolute atomic E-state index is 0.161. The molecule has 0 aliphatic carbocycles. The molecule has 0 radical (unpaired) electrons. The molecule has 1 aromatic carbocycles. The zero-order chi connectivity index (χ0) is 11.6. The summed E-state index contributed by atoms with van der Waals surface area (Å²) in [5.41, 5.74) is 0.589. The topological polar surface area (TPSA) is 87.9 Å². The molecule has 0 aromatic heterocycles. The van der Waals surface area contributed by atoms with Crippen LogP contribution in [-0.2, 0) is 21.1 Å². The summed E-state index contributed by atoms with van der Waals surface area (Å²) in [6.45, 7) is 0.747. The van der Waals surface area contributed by atoms with E-state index in [1.165, 1.54) is 0 Å². The molecule has 0 atom stereocenters. The fourth-order valence-electron chi connectivity index (χ4n) is 1.39. The molecule has 88 valence electrons. The Bertz CT molecular complexity index is 485. The van der Waals surface area contributed by atoms with Crippen LogP contribution < -0.4 is 14.6 Å². The SMILES string of the molecule is NS(=O)(=O)OCc1cccc2c1OCCO2.